The van der Waals surface area contributed by atoms with Crippen molar-refractivity contribution >= 4 is 38.6 Å². The number of anilines is 1. The molecule has 0 unspecified atom stereocenters. The molecule has 0 spiro atoms. The van der Waals surface area contributed by atoms with E-state index >= 15 is 0 Å². The van der Waals surface area contributed by atoms with E-state index in [0.717, 1.165) is 15.5 Å². The molecule has 0 radical (unpaired) electrons. The maximum Gasteiger partial charge on any atom is 0.276 e. The molecular weight excluding hydrogens is 344 g/mol. The van der Waals surface area contributed by atoms with E-state index < -0.39 is 0 Å². The van der Waals surface area contributed by atoms with Crippen LogP contribution in [0.5, 0.6) is 0 Å². The van der Waals surface area contributed by atoms with Crippen molar-refractivity contribution < 1.29 is 4.79 Å². The minimum Gasteiger partial charge on any atom is -0.321 e. The molecule has 1 saturated carbocycles. The number of pyridine rings is 1. The fourth-order valence-corrected chi connectivity index (χ4v) is 2.89. The molecule has 0 saturated heterocycles. The standard InChI is InChI=1S/C16H13BrN4O/c17-11-2-1-3-12(7-11)19-16(22)14-13-6-10(9-4-5-9)8-18-15(13)21-20-14/h1-3,6-9H,4-5H2,(H,19,22)(H,18,20,21). The first kappa shape index (κ1) is 13.5. The number of aromatic amines is 1. The molecule has 0 aliphatic heterocycles. The predicted octanol–water partition coefficient (Wildman–Crippen LogP) is 3.85. The molecule has 1 aliphatic rings. The van der Waals surface area contributed by atoms with Crippen LogP contribution in [0.2, 0.25) is 0 Å². The summed E-state index contributed by atoms with van der Waals surface area (Å²) < 4.78 is 0.912. The van der Waals surface area contributed by atoms with Crippen LogP contribution in [0.25, 0.3) is 11.0 Å². The SMILES string of the molecule is O=C(Nc1cccc(Br)c1)c1n[nH]c2ncc(C3CC3)cc12. The third kappa shape index (κ3) is 2.50. The highest BCUT2D eigenvalue weighted by Gasteiger charge is 2.25. The van der Waals surface area contributed by atoms with Crippen molar-refractivity contribution in [2.75, 3.05) is 5.32 Å². The summed E-state index contributed by atoms with van der Waals surface area (Å²) in [5.74, 6) is 0.354. The number of rotatable bonds is 3. The normalized spacial score (nSPS) is 14.2. The minimum atomic E-state index is -0.237. The first-order valence-electron chi connectivity index (χ1n) is 7.11. The summed E-state index contributed by atoms with van der Waals surface area (Å²) in [6, 6.07) is 9.49. The Balaban J connectivity index is 1.67. The van der Waals surface area contributed by atoms with Crippen molar-refractivity contribution in [3.05, 3.63) is 52.3 Å². The van der Waals surface area contributed by atoms with E-state index in [9.17, 15) is 4.79 Å². The van der Waals surface area contributed by atoms with Gasteiger partial charge in [0.15, 0.2) is 11.3 Å². The molecule has 2 N–H and O–H groups in total. The Morgan fingerprint density at radius 1 is 1.32 bits per heavy atom. The first-order chi connectivity index (χ1) is 10.7. The molecule has 5 nitrogen and oxygen atoms in total. The maximum atomic E-state index is 12.5. The van der Waals surface area contributed by atoms with Gasteiger partial charge in [0.1, 0.15) is 0 Å². The van der Waals surface area contributed by atoms with E-state index in [1.807, 2.05) is 36.5 Å². The monoisotopic (exact) mass is 356 g/mol. The lowest BCUT2D eigenvalue weighted by molar-refractivity contribution is 0.102. The van der Waals surface area contributed by atoms with Crippen molar-refractivity contribution in [3.8, 4) is 0 Å². The number of carbonyl (C=O) groups excluding carboxylic acids is 1. The van der Waals surface area contributed by atoms with Gasteiger partial charge in [-0.2, -0.15) is 5.10 Å². The van der Waals surface area contributed by atoms with Crippen molar-refractivity contribution in [1.29, 1.82) is 0 Å². The first-order valence-corrected chi connectivity index (χ1v) is 7.91. The molecule has 22 heavy (non-hydrogen) atoms. The van der Waals surface area contributed by atoms with Gasteiger partial charge in [-0.15, -0.1) is 0 Å². The van der Waals surface area contributed by atoms with Gasteiger partial charge in [0.2, 0.25) is 0 Å². The number of hydrogen-bond acceptors (Lipinski definition) is 3. The number of nitrogens with zero attached hydrogens (tertiary/aromatic N) is 2. The van der Waals surface area contributed by atoms with Gasteiger partial charge >= 0.3 is 0 Å². The van der Waals surface area contributed by atoms with Crippen LogP contribution in [0.1, 0.15) is 34.8 Å². The van der Waals surface area contributed by atoms with Crippen molar-refractivity contribution in [2.45, 2.75) is 18.8 Å². The quantitative estimate of drug-likeness (QED) is 0.748. The van der Waals surface area contributed by atoms with Crippen LogP contribution in [0.15, 0.2) is 41.0 Å². The van der Waals surface area contributed by atoms with Crippen LogP contribution < -0.4 is 5.32 Å². The summed E-state index contributed by atoms with van der Waals surface area (Å²) in [5.41, 5.74) is 2.93. The van der Waals surface area contributed by atoms with Gasteiger partial charge in [0.25, 0.3) is 5.91 Å². The molecule has 4 rings (SSSR count). The van der Waals surface area contributed by atoms with Gasteiger partial charge < -0.3 is 5.32 Å². The van der Waals surface area contributed by atoms with Crippen LogP contribution in [0.4, 0.5) is 5.69 Å². The van der Waals surface area contributed by atoms with Gasteiger partial charge in [0, 0.05) is 16.4 Å². The number of amides is 1. The molecule has 110 valence electrons. The lowest BCUT2D eigenvalue weighted by Crippen LogP contribution is -2.12. The molecule has 2 heterocycles. The Bertz CT molecular complexity index is 869. The number of hydrogen-bond donors (Lipinski definition) is 2. The van der Waals surface area contributed by atoms with Gasteiger partial charge in [-0.1, -0.05) is 22.0 Å². The number of nitrogens with one attached hydrogen (secondary N) is 2. The minimum absolute atomic E-state index is 0.237. The summed E-state index contributed by atoms with van der Waals surface area (Å²) >= 11 is 3.39. The number of aromatic nitrogens is 3. The van der Waals surface area contributed by atoms with Crippen LogP contribution >= 0.6 is 15.9 Å². The maximum absolute atomic E-state index is 12.5. The van der Waals surface area contributed by atoms with Crippen LogP contribution in [0.3, 0.4) is 0 Å². The summed E-state index contributed by atoms with van der Waals surface area (Å²) in [4.78, 5) is 16.8. The summed E-state index contributed by atoms with van der Waals surface area (Å²) in [7, 11) is 0. The average Bonchev–Trinajstić information content (AvgIpc) is 3.26. The van der Waals surface area contributed by atoms with Gasteiger partial charge in [-0.3, -0.25) is 9.89 Å². The Labute approximate surface area is 135 Å². The van der Waals surface area contributed by atoms with E-state index in [1.54, 1.807) is 0 Å². The molecule has 3 aromatic rings. The number of H-pyrrole nitrogens is 1. The Hall–Kier alpha value is -2.21. The summed E-state index contributed by atoms with van der Waals surface area (Å²) in [5, 5.41) is 10.6. The Morgan fingerprint density at radius 2 is 2.18 bits per heavy atom. The number of fused-ring (bicyclic) bond motifs is 1. The average molecular weight is 357 g/mol. The van der Waals surface area contributed by atoms with E-state index in [1.165, 1.54) is 18.4 Å². The zero-order valence-corrected chi connectivity index (χ0v) is 13.2. The lowest BCUT2D eigenvalue weighted by Gasteiger charge is -2.04. The van der Waals surface area contributed by atoms with Crippen molar-refractivity contribution in [2.24, 2.45) is 0 Å². The zero-order valence-electron chi connectivity index (χ0n) is 11.6. The molecule has 1 fully saturated rings. The molecule has 0 atom stereocenters. The van der Waals surface area contributed by atoms with Gasteiger partial charge in [0.05, 0.1) is 5.39 Å². The van der Waals surface area contributed by atoms with Crippen molar-refractivity contribution in [1.82, 2.24) is 15.2 Å². The Kier molecular flexibility index (Phi) is 3.18. The second-order valence-corrected chi connectivity index (χ2v) is 6.39. The van der Waals surface area contributed by atoms with E-state index in [2.05, 4.69) is 36.4 Å². The van der Waals surface area contributed by atoms with Crippen molar-refractivity contribution in [3.63, 3.8) is 0 Å². The molecule has 2 aromatic heterocycles. The second-order valence-electron chi connectivity index (χ2n) is 5.48. The predicted molar refractivity (Wildman–Crippen MR) is 88.0 cm³/mol. The number of benzene rings is 1. The number of carbonyl (C=O) groups is 1. The Morgan fingerprint density at radius 3 is 2.95 bits per heavy atom. The molecule has 6 heteroatoms. The fraction of sp³-hybridized carbons (Fsp3) is 0.188. The van der Waals surface area contributed by atoms with Crippen LogP contribution in [-0.2, 0) is 0 Å². The molecule has 0 bridgehead atoms. The molecule has 1 aromatic carbocycles. The highest BCUT2D eigenvalue weighted by molar-refractivity contribution is 9.10. The highest BCUT2D eigenvalue weighted by Crippen LogP contribution is 2.40. The third-order valence-corrected chi connectivity index (χ3v) is 4.28. The zero-order chi connectivity index (χ0) is 15.1. The number of halogens is 1. The highest BCUT2D eigenvalue weighted by atomic mass is 79.9. The second kappa shape index (κ2) is 5.21. The van der Waals surface area contributed by atoms with Gasteiger partial charge in [-0.25, -0.2) is 4.98 Å². The largest absolute Gasteiger partial charge is 0.321 e. The lowest BCUT2D eigenvalue weighted by atomic mass is 10.1. The fourth-order valence-electron chi connectivity index (χ4n) is 2.49. The third-order valence-electron chi connectivity index (χ3n) is 3.78. The molecule has 1 amide bonds. The molecule has 1 aliphatic carbocycles. The molecular formula is C16H13BrN4O. The van der Waals surface area contributed by atoms with Crippen LogP contribution in [-0.4, -0.2) is 21.1 Å². The summed E-state index contributed by atoms with van der Waals surface area (Å²) in [6.07, 6.45) is 4.27. The topological polar surface area (TPSA) is 70.7 Å². The van der Waals surface area contributed by atoms with E-state index in [4.69, 9.17) is 0 Å². The smallest absolute Gasteiger partial charge is 0.276 e. The van der Waals surface area contributed by atoms with Crippen LogP contribution in [0, 0.1) is 0 Å². The van der Waals surface area contributed by atoms with E-state index in [-0.39, 0.29) is 5.91 Å². The van der Waals surface area contributed by atoms with Gasteiger partial charge in [-0.05, 0) is 48.6 Å². The van der Waals surface area contributed by atoms with E-state index in [0.29, 0.717) is 17.3 Å². The summed E-state index contributed by atoms with van der Waals surface area (Å²) in [6.45, 7) is 0.